The molecular weight excluding hydrogens is 288 g/mol. The normalized spacial score (nSPS) is 14.9. The van der Waals surface area contributed by atoms with Crippen LogP contribution < -0.4 is 0 Å². The van der Waals surface area contributed by atoms with Crippen LogP contribution in [0.4, 0.5) is 4.79 Å². The molecule has 0 N–H and O–H groups in total. The molecule has 2 heterocycles. The van der Waals surface area contributed by atoms with Gasteiger partial charge in [0.1, 0.15) is 0 Å². The van der Waals surface area contributed by atoms with Crippen molar-refractivity contribution in [2.45, 2.75) is 45.4 Å². The summed E-state index contributed by atoms with van der Waals surface area (Å²) in [6.45, 7) is 3.57. The first-order chi connectivity index (χ1) is 11.3. The van der Waals surface area contributed by atoms with Crippen LogP contribution in [-0.2, 0) is 11.2 Å². The van der Waals surface area contributed by atoms with Gasteiger partial charge in [-0.3, -0.25) is 4.98 Å². The fourth-order valence-corrected chi connectivity index (χ4v) is 2.98. The van der Waals surface area contributed by atoms with E-state index >= 15 is 0 Å². The average molecular weight is 314 g/mol. The molecule has 0 unspecified atom stereocenters. The van der Waals surface area contributed by atoms with Gasteiger partial charge < -0.3 is 9.64 Å². The summed E-state index contributed by atoms with van der Waals surface area (Å²) in [6.07, 6.45) is 10.5. The molecule has 0 saturated carbocycles. The summed E-state index contributed by atoms with van der Waals surface area (Å²) in [5.74, 6) is 6.22. The molecule has 1 amide bonds. The van der Waals surface area contributed by atoms with Gasteiger partial charge in [0.25, 0.3) is 0 Å². The summed E-state index contributed by atoms with van der Waals surface area (Å²) in [5.41, 5.74) is 1.37. The third-order valence-corrected chi connectivity index (χ3v) is 4.39. The van der Waals surface area contributed by atoms with Crippen molar-refractivity contribution in [2.75, 3.05) is 19.7 Å². The van der Waals surface area contributed by atoms with Crippen molar-refractivity contribution >= 4 is 6.09 Å². The number of unbranched alkanes of at least 4 members (excludes halogenated alkanes) is 1. The third-order valence-electron chi connectivity index (χ3n) is 4.39. The standard InChI is InChI=1S/C19H26N2O2/c1-2-3-16-23-19(22)21-14-10-18(11-15-21)7-5-4-6-17-8-12-20-13-9-17/h8-9,12-13,18H,4-7,10-11,14-16H2,1H3. The van der Waals surface area contributed by atoms with E-state index in [1.54, 1.807) is 6.92 Å². The molecule has 4 heteroatoms. The quantitative estimate of drug-likeness (QED) is 0.594. The summed E-state index contributed by atoms with van der Waals surface area (Å²) in [5, 5.41) is 0. The average Bonchev–Trinajstić information content (AvgIpc) is 2.60. The van der Waals surface area contributed by atoms with Gasteiger partial charge in [-0.05, 0) is 56.2 Å². The number of pyridine rings is 1. The topological polar surface area (TPSA) is 42.4 Å². The van der Waals surface area contributed by atoms with Crippen molar-refractivity contribution in [3.63, 3.8) is 0 Å². The molecule has 124 valence electrons. The lowest BCUT2D eigenvalue weighted by Crippen LogP contribution is -2.38. The highest BCUT2D eigenvalue weighted by atomic mass is 16.6. The van der Waals surface area contributed by atoms with Gasteiger partial charge in [-0.25, -0.2) is 4.79 Å². The fraction of sp³-hybridized carbons (Fsp3) is 0.579. The van der Waals surface area contributed by atoms with Crippen LogP contribution in [0.2, 0.25) is 0 Å². The Morgan fingerprint density at radius 3 is 2.74 bits per heavy atom. The second kappa shape index (κ2) is 9.89. The van der Waals surface area contributed by atoms with Crippen LogP contribution >= 0.6 is 0 Å². The number of aromatic nitrogens is 1. The minimum absolute atomic E-state index is 0.199. The Bertz CT molecular complexity index is 525. The van der Waals surface area contributed by atoms with Crippen molar-refractivity contribution in [1.29, 1.82) is 0 Å². The summed E-state index contributed by atoms with van der Waals surface area (Å²) in [4.78, 5) is 17.7. The molecule has 0 radical (unpaired) electrons. The summed E-state index contributed by atoms with van der Waals surface area (Å²) >= 11 is 0. The van der Waals surface area contributed by atoms with Gasteiger partial charge in [0, 0.05) is 25.5 Å². The van der Waals surface area contributed by atoms with E-state index in [-0.39, 0.29) is 12.7 Å². The van der Waals surface area contributed by atoms with E-state index in [0.29, 0.717) is 0 Å². The second-order valence-corrected chi connectivity index (χ2v) is 6.01. The zero-order chi connectivity index (χ0) is 16.3. The van der Waals surface area contributed by atoms with Gasteiger partial charge in [-0.2, -0.15) is 0 Å². The molecule has 0 spiro atoms. The molecule has 0 aliphatic carbocycles. The Morgan fingerprint density at radius 2 is 2.04 bits per heavy atom. The van der Waals surface area contributed by atoms with Gasteiger partial charge in [-0.1, -0.05) is 18.8 Å². The number of likely N-dealkylation sites (tertiary alicyclic amines) is 1. The first-order valence-electron chi connectivity index (χ1n) is 8.50. The van der Waals surface area contributed by atoms with E-state index in [0.717, 1.165) is 38.3 Å². The number of aryl methyl sites for hydroxylation is 1. The van der Waals surface area contributed by atoms with Crippen LogP contribution in [0.25, 0.3) is 0 Å². The fourth-order valence-electron chi connectivity index (χ4n) is 2.98. The number of carbonyl (C=O) groups is 1. The number of carbonyl (C=O) groups excluding carboxylic acids is 1. The molecule has 23 heavy (non-hydrogen) atoms. The zero-order valence-corrected chi connectivity index (χ0v) is 14.0. The van der Waals surface area contributed by atoms with Crippen molar-refractivity contribution < 1.29 is 9.53 Å². The molecule has 0 atom stereocenters. The Morgan fingerprint density at radius 1 is 1.30 bits per heavy atom. The number of nitrogens with zero attached hydrogens (tertiary/aromatic N) is 2. The minimum atomic E-state index is -0.219. The van der Waals surface area contributed by atoms with Crippen molar-refractivity contribution in [1.82, 2.24) is 9.88 Å². The molecule has 0 aromatic carbocycles. The van der Waals surface area contributed by atoms with E-state index in [2.05, 4.69) is 29.0 Å². The molecule has 4 nitrogen and oxygen atoms in total. The van der Waals surface area contributed by atoms with E-state index < -0.39 is 0 Å². The van der Waals surface area contributed by atoms with Crippen LogP contribution in [0.15, 0.2) is 24.5 Å². The molecule has 0 bridgehead atoms. The number of piperidine rings is 1. The lowest BCUT2D eigenvalue weighted by Gasteiger charge is -2.31. The third kappa shape index (κ3) is 6.32. The van der Waals surface area contributed by atoms with Crippen LogP contribution in [0.3, 0.4) is 0 Å². The van der Waals surface area contributed by atoms with Gasteiger partial charge in [-0.15, -0.1) is 5.92 Å². The predicted molar refractivity (Wildman–Crippen MR) is 90.9 cm³/mol. The summed E-state index contributed by atoms with van der Waals surface area (Å²) in [7, 11) is 0. The Balaban J connectivity index is 1.57. The lowest BCUT2D eigenvalue weighted by molar-refractivity contribution is 0.0963. The van der Waals surface area contributed by atoms with Gasteiger partial charge in [0.2, 0.25) is 0 Å². The highest BCUT2D eigenvalue weighted by molar-refractivity contribution is 5.67. The van der Waals surface area contributed by atoms with Crippen LogP contribution in [0.1, 0.15) is 44.6 Å². The Kier molecular flexibility index (Phi) is 7.45. The maximum atomic E-state index is 11.8. The molecule has 1 saturated heterocycles. The highest BCUT2D eigenvalue weighted by Gasteiger charge is 2.23. The molecule has 1 aliphatic rings. The van der Waals surface area contributed by atoms with Crippen LogP contribution in [-0.4, -0.2) is 35.7 Å². The molecule has 1 aliphatic heterocycles. The maximum Gasteiger partial charge on any atom is 0.410 e. The number of hydrogen-bond acceptors (Lipinski definition) is 3. The number of amides is 1. The summed E-state index contributed by atoms with van der Waals surface area (Å²) < 4.78 is 5.11. The smallest absolute Gasteiger partial charge is 0.410 e. The Hall–Kier alpha value is -2.02. The molecule has 1 aromatic heterocycles. The van der Waals surface area contributed by atoms with E-state index in [4.69, 9.17) is 4.74 Å². The second-order valence-electron chi connectivity index (χ2n) is 6.01. The largest absolute Gasteiger partial charge is 0.436 e. The van der Waals surface area contributed by atoms with E-state index in [1.165, 1.54) is 24.8 Å². The first kappa shape index (κ1) is 17.3. The maximum absolute atomic E-state index is 11.8. The first-order valence-corrected chi connectivity index (χ1v) is 8.50. The van der Waals surface area contributed by atoms with Crippen LogP contribution in [0, 0.1) is 17.8 Å². The number of hydrogen-bond donors (Lipinski definition) is 0. The molecule has 1 aromatic rings. The zero-order valence-electron chi connectivity index (χ0n) is 14.0. The van der Waals surface area contributed by atoms with E-state index in [1.807, 2.05) is 17.3 Å². The SMILES string of the molecule is CC#CCOC(=O)N1CCC(CCCCc2ccncc2)CC1. The molecule has 2 rings (SSSR count). The monoisotopic (exact) mass is 314 g/mol. The molecular formula is C19H26N2O2. The van der Waals surface area contributed by atoms with Crippen molar-refractivity contribution in [2.24, 2.45) is 5.92 Å². The van der Waals surface area contributed by atoms with Gasteiger partial charge >= 0.3 is 6.09 Å². The van der Waals surface area contributed by atoms with Crippen molar-refractivity contribution in [3.05, 3.63) is 30.1 Å². The summed E-state index contributed by atoms with van der Waals surface area (Å²) in [6, 6.07) is 4.18. The van der Waals surface area contributed by atoms with Crippen LogP contribution in [0.5, 0.6) is 0 Å². The van der Waals surface area contributed by atoms with Gasteiger partial charge in [0.05, 0.1) is 0 Å². The van der Waals surface area contributed by atoms with Gasteiger partial charge in [0.15, 0.2) is 6.61 Å². The highest BCUT2D eigenvalue weighted by Crippen LogP contribution is 2.23. The number of ether oxygens (including phenoxy) is 1. The minimum Gasteiger partial charge on any atom is -0.436 e. The van der Waals surface area contributed by atoms with Crippen molar-refractivity contribution in [3.8, 4) is 11.8 Å². The number of rotatable bonds is 6. The Labute approximate surface area is 139 Å². The molecule has 1 fully saturated rings. The lowest BCUT2D eigenvalue weighted by atomic mass is 9.91. The van der Waals surface area contributed by atoms with E-state index in [9.17, 15) is 4.79 Å². The predicted octanol–water partition coefficient (Wildman–Crippen LogP) is 3.67.